The van der Waals surface area contributed by atoms with E-state index in [2.05, 4.69) is 5.32 Å². The summed E-state index contributed by atoms with van der Waals surface area (Å²) in [4.78, 5) is 52.5. The molecule has 1 spiro atoms. The lowest BCUT2D eigenvalue weighted by molar-refractivity contribution is -0.384. The van der Waals surface area contributed by atoms with E-state index in [9.17, 15) is 24.5 Å². The first-order valence-electron chi connectivity index (χ1n) is 9.08. The number of hydrogen-bond acceptors (Lipinski definition) is 7. The van der Waals surface area contributed by atoms with Gasteiger partial charge >= 0.3 is 6.03 Å². The molecule has 0 aliphatic carbocycles. The zero-order chi connectivity index (χ0) is 20.2. The summed E-state index contributed by atoms with van der Waals surface area (Å²) < 4.78 is 5.58. The first kappa shape index (κ1) is 18.4. The lowest BCUT2D eigenvalue weighted by atomic mass is 9.68. The number of fused-ring (bicyclic) bond motifs is 4. The Bertz CT molecular complexity index is 900. The van der Waals surface area contributed by atoms with Crippen LogP contribution < -0.4 is 10.2 Å². The predicted molar refractivity (Wildman–Crippen MR) is 96.7 cm³/mol. The third kappa shape index (κ3) is 2.40. The summed E-state index contributed by atoms with van der Waals surface area (Å²) in [5.41, 5.74) is -0.408. The highest BCUT2D eigenvalue weighted by Gasteiger charge is 2.63. The average molecular weight is 388 g/mol. The Kier molecular flexibility index (Phi) is 4.11. The molecular formula is C18H20N4O6. The molecule has 0 aromatic heterocycles. The third-order valence-corrected chi connectivity index (χ3v) is 5.71. The Morgan fingerprint density at radius 1 is 1.32 bits per heavy atom. The number of benzene rings is 1. The molecule has 148 valence electrons. The predicted octanol–water partition coefficient (Wildman–Crippen LogP) is 0.829. The molecule has 2 saturated heterocycles. The fourth-order valence-electron chi connectivity index (χ4n) is 4.42. The van der Waals surface area contributed by atoms with Gasteiger partial charge in [-0.2, -0.15) is 0 Å². The first-order chi connectivity index (χ1) is 13.3. The van der Waals surface area contributed by atoms with Crippen LogP contribution in [-0.4, -0.2) is 59.5 Å². The largest absolute Gasteiger partial charge is 0.377 e. The van der Waals surface area contributed by atoms with Gasteiger partial charge in [-0.15, -0.1) is 0 Å². The quantitative estimate of drug-likeness (QED) is 0.452. The molecule has 10 nitrogen and oxygen atoms in total. The van der Waals surface area contributed by atoms with Crippen LogP contribution in [0.2, 0.25) is 0 Å². The minimum absolute atomic E-state index is 0.0320. The van der Waals surface area contributed by atoms with Gasteiger partial charge in [-0.05, 0) is 25.5 Å². The molecule has 0 radical (unpaired) electrons. The van der Waals surface area contributed by atoms with Gasteiger partial charge in [-0.3, -0.25) is 29.9 Å². The Balaban J connectivity index is 1.89. The summed E-state index contributed by atoms with van der Waals surface area (Å²) in [5.74, 6) is -1.27. The molecule has 0 saturated carbocycles. The topological polar surface area (TPSA) is 122 Å². The number of rotatable bonds is 2. The van der Waals surface area contributed by atoms with Gasteiger partial charge in [0.25, 0.3) is 5.69 Å². The Hall–Kier alpha value is -3.01. The number of amides is 4. The summed E-state index contributed by atoms with van der Waals surface area (Å²) in [5, 5.41) is 13.5. The number of nitrogens with one attached hydrogen (secondary N) is 1. The standard InChI is InChI=1S/C18H20N4O6/c1-10(2)21-16(24)18(15(23)19-17(21)25)8-11-7-12(22(26)27)3-4-13(11)20-5-6-28-9-14(18)20/h3-4,7,10,14H,5-6,8-9H2,1-2H3,(H,19,23,25)/t14-,18-/m0/s1. The Morgan fingerprint density at radius 2 is 2.07 bits per heavy atom. The van der Waals surface area contributed by atoms with Crippen LogP contribution in [0.5, 0.6) is 0 Å². The van der Waals surface area contributed by atoms with Gasteiger partial charge in [-0.1, -0.05) is 0 Å². The fraction of sp³-hybridized carbons (Fsp3) is 0.500. The van der Waals surface area contributed by atoms with E-state index < -0.39 is 40.3 Å². The van der Waals surface area contributed by atoms with E-state index in [0.29, 0.717) is 18.7 Å². The summed E-state index contributed by atoms with van der Waals surface area (Å²) in [6.45, 7) is 4.38. The van der Waals surface area contributed by atoms with E-state index in [-0.39, 0.29) is 18.7 Å². The van der Waals surface area contributed by atoms with Crippen LogP contribution in [0.25, 0.3) is 0 Å². The van der Waals surface area contributed by atoms with E-state index in [1.807, 2.05) is 4.90 Å². The molecule has 3 heterocycles. The molecule has 1 N–H and O–H groups in total. The number of anilines is 1. The smallest absolute Gasteiger partial charge is 0.331 e. The number of carbonyl (C=O) groups excluding carboxylic acids is 3. The van der Waals surface area contributed by atoms with Crippen LogP contribution >= 0.6 is 0 Å². The molecule has 1 aromatic rings. The number of urea groups is 1. The van der Waals surface area contributed by atoms with E-state index in [1.165, 1.54) is 12.1 Å². The molecule has 3 aliphatic heterocycles. The van der Waals surface area contributed by atoms with Crippen LogP contribution in [0, 0.1) is 15.5 Å². The fourth-order valence-corrected chi connectivity index (χ4v) is 4.42. The molecule has 0 bridgehead atoms. The number of hydrogen-bond donors (Lipinski definition) is 1. The second-order valence-corrected chi connectivity index (χ2v) is 7.53. The summed E-state index contributed by atoms with van der Waals surface area (Å²) in [6, 6.07) is 2.67. The van der Waals surface area contributed by atoms with Crippen molar-refractivity contribution in [2.24, 2.45) is 5.41 Å². The number of barbiturate groups is 1. The number of nitro groups is 1. The lowest BCUT2D eigenvalue weighted by Crippen LogP contribution is -2.74. The molecule has 2 atom stereocenters. The van der Waals surface area contributed by atoms with E-state index in [1.54, 1.807) is 19.9 Å². The second kappa shape index (κ2) is 6.26. The average Bonchev–Trinajstić information content (AvgIpc) is 2.65. The normalized spacial score (nSPS) is 27.0. The molecule has 28 heavy (non-hydrogen) atoms. The summed E-state index contributed by atoms with van der Waals surface area (Å²) >= 11 is 0. The van der Waals surface area contributed by atoms with Crippen LogP contribution in [0.15, 0.2) is 18.2 Å². The maximum absolute atomic E-state index is 13.5. The van der Waals surface area contributed by atoms with Gasteiger partial charge in [0.2, 0.25) is 11.8 Å². The van der Waals surface area contributed by atoms with Gasteiger partial charge in [0.05, 0.1) is 24.2 Å². The van der Waals surface area contributed by atoms with Crippen LogP contribution in [0.1, 0.15) is 19.4 Å². The zero-order valence-electron chi connectivity index (χ0n) is 15.5. The summed E-state index contributed by atoms with van der Waals surface area (Å²) in [6.07, 6.45) is -0.0320. The number of morpholine rings is 1. The van der Waals surface area contributed by atoms with E-state index in [0.717, 1.165) is 10.6 Å². The maximum atomic E-state index is 13.5. The molecule has 4 amide bonds. The molecular weight excluding hydrogens is 368 g/mol. The SMILES string of the molecule is CC(C)N1C(=O)NC(=O)[C@@]2(Cc3cc([N+](=O)[O-])ccc3N3CCOC[C@H]32)C1=O. The van der Waals surface area contributed by atoms with E-state index >= 15 is 0 Å². The highest BCUT2D eigenvalue weighted by atomic mass is 16.6. The Labute approximate surface area is 160 Å². The van der Waals surface area contributed by atoms with Crippen molar-refractivity contribution in [2.75, 3.05) is 24.7 Å². The van der Waals surface area contributed by atoms with E-state index in [4.69, 9.17) is 4.74 Å². The maximum Gasteiger partial charge on any atom is 0.331 e. The molecule has 1 aromatic carbocycles. The van der Waals surface area contributed by atoms with Crippen molar-refractivity contribution in [2.45, 2.75) is 32.4 Å². The van der Waals surface area contributed by atoms with Crippen molar-refractivity contribution in [3.8, 4) is 0 Å². The van der Waals surface area contributed by atoms with Crippen molar-refractivity contribution in [1.29, 1.82) is 0 Å². The zero-order valence-corrected chi connectivity index (χ0v) is 15.5. The van der Waals surface area contributed by atoms with Crippen molar-refractivity contribution >= 4 is 29.2 Å². The number of carbonyl (C=O) groups is 3. The lowest BCUT2D eigenvalue weighted by Gasteiger charge is -2.53. The van der Waals surface area contributed by atoms with Gasteiger partial charge < -0.3 is 9.64 Å². The number of nitrogens with zero attached hydrogens (tertiary/aromatic N) is 3. The molecule has 3 aliphatic rings. The van der Waals surface area contributed by atoms with Crippen molar-refractivity contribution in [1.82, 2.24) is 10.2 Å². The second-order valence-electron chi connectivity index (χ2n) is 7.53. The van der Waals surface area contributed by atoms with Gasteiger partial charge in [0.15, 0.2) is 5.41 Å². The number of ether oxygens (including phenoxy) is 1. The highest BCUT2D eigenvalue weighted by molar-refractivity contribution is 6.20. The minimum atomic E-state index is -1.58. The van der Waals surface area contributed by atoms with Crippen LogP contribution in [0.4, 0.5) is 16.2 Å². The third-order valence-electron chi connectivity index (χ3n) is 5.71. The van der Waals surface area contributed by atoms with Crippen molar-refractivity contribution in [3.05, 3.63) is 33.9 Å². The summed E-state index contributed by atoms with van der Waals surface area (Å²) in [7, 11) is 0. The van der Waals surface area contributed by atoms with Gasteiger partial charge in [-0.25, -0.2) is 4.79 Å². The molecule has 2 fully saturated rings. The van der Waals surface area contributed by atoms with Crippen molar-refractivity contribution < 1.29 is 24.0 Å². The van der Waals surface area contributed by atoms with Crippen LogP contribution in [-0.2, 0) is 20.7 Å². The molecule has 10 heteroatoms. The highest BCUT2D eigenvalue weighted by Crippen LogP contribution is 2.46. The molecule has 4 rings (SSSR count). The Morgan fingerprint density at radius 3 is 2.75 bits per heavy atom. The van der Waals surface area contributed by atoms with Crippen LogP contribution in [0.3, 0.4) is 0 Å². The number of imide groups is 2. The monoisotopic (exact) mass is 388 g/mol. The van der Waals surface area contributed by atoms with Gasteiger partial charge in [0, 0.05) is 36.8 Å². The minimum Gasteiger partial charge on any atom is -0.377 e. The number of nitro benzene ring substituents is 1. The number of non-ortho nitro benzene ring substituents is 1. The molecule has 0 unspecified atom stereocenters. The first-order valence-corrected chi connectivity index (χ1v) is 9.08. The van der Waals surface area contributed by atoms with Gasteiger partial charge in [0.1, 0.15) is 0 Å². The van der Waals surface area contributed by atoms with Crippen molar-refractivity contribution in [3.63, 3.8) is 0 Å².